The number of imidazole rings is 1. The Kier molecular flexibility index (Phi) is 5.48. The van der Waals surface area contributed by atoms with Gasteiger partial charge in [0.1, 0.15) is 11.3 Å². The molecule has 0 unspecified atom stereocenters. The Morgan fingerprint density at radius 1 is 0.523 bits per heavy atom. The van der Waals surface area contributed by atoms with Crippen molar-refractivity contribution in [2.24, 2.45) is 0 Å². The first-order valence-corrected chi connectivity index (χ1v) is 15.2. The number of nitrogens with zero attached hydrogens (tertiary/aromatic N) is 2. The van der Waals surface area contributed by atoms with Crippen molar-refractivity contribution in [2.75, 3.05) is 0 Å². The Balaban J connectivity index is 1.28. The first kappa shape index (κ1) is 24.9. The number of aromatic nitrogens is 2. The van der Waals surface area contributed by atoms with E-state index in [1.165, 1.54) is 49.4 Å². The second kappa shape index (κ2) is 9.68. The maximum atomic E-state index is 6.43. The smallest absolute Gasteiger partial charge is 0.153 e. The number of hydrogen-bond acceptors (Lipinski definition) is 2. The highest BCUT2D eigenvalue weighted by Crippen LogP contribution is 2.47. The quantitative estimate of drug-likeness (QED) is 0.199. The fourth-order valence-electron chi connectivity index (χ4n) is 6.99. The largest absolute Gasteiger partial charge is 0.453 e. The molecule has 0 aliphatic carbocycles. The molecule has 0 N–H and O–H groups in total. The Bertz CT molecular complexity index is 2330. The minimum absolute atomic E-state index is 0.835. The van der Waals surface area contributed by atoms with Crippen LogP contribution in [0.25, 0.3) is 71.6 Å². The van der Waals surface area contributed by atoms with Gasteiger partial charge in [-0.25, -0.2) is 4.98 Å². The van der Waals surface area contributed by atoms with Crippen LogP contribution in [0.15, 0.2) is 140 Å². The zero-order valence-electron chi connectivity index (χ0n) is 24.3. The topological polar surface area (TPSA) is 27.1 Å². The number of ether oxygens (including phenoxy) is 1. The van der Waals surface area contributed by atoms with E-state index in [0.717, 1.165) is 46.0 Å². The van der Waals surface area contributed by atoms with Gasteiger partial charge in [0.25, 0.3) is 0 Å². The van der Waals surface area contributed by atoms with Crippen LogP contribution >= 0.6 is 0 Å². The van der Waals surface area contributed by atoms with Crippen molar-refractivity contribution in [3.63, 3.8) is 0 Å². The fourth-order valence-corrected chi connectivity index (χ4v) is 6.99. The normalized spacial score (nSPS) is 12.0. The van der Waals surface area contributed by atoms with Crippen molar-refractivity contribution in [1.82, 2.24) is 9.55 Å². The first-order valence-electron chi connectivity index (χ1n) is 15.2. The van der Waals surface area contributed by atoms with Crippen LogP contribution in [0.2, 0.25) is 0 Å². The van der Waals surface area contributed by atoms with Crippen molar-refractivity contribution in [1.29, 1.82) is 0 Å². The molecule has 3 heteroatoms. The van der Waals surface area contributed by atoms with Crippen LogP contribution in [0.3, 0.4) is 0 Å². The molecule has 1 aliphatic heterocycles. The molecule has 1 aliphatic rings. The summed E-state index contributed by atoms with van der Waals surface area (Å²) in [5.41, 5.74) is 10.4. The Morgan fingerprint density at radius 2 is 1.09 bits per heavy atom. The second-order valence-electron chi connectivity index (χ2n) is 11.4. The maximum absolute atomic E-state index is 6.43. The molecule has 2 heterocycles. The highest BCUT2D eigenvalue weighted by Gasteiger charge is 2.25. The van der Waals surface area contributed by atoms with E-state index in [0.29, 0.717) is 0 Å². The van der Waals surface area contributed by atoms with E-state index in [1.807, 2.05) is 12.1 Å². The van der Waals surface area contributed by atoms with Crippen LogP contribution in [0, 0.1) is 0 Å². The van der Waals surface area contributed by atoms with Gasteiger partial charge in [-0.15, -0.1) is 0 Å². The van der Waals surface area contributed by atoms with E-state index in [1.54, 1.807) is 0 Å². The minimum atomic E-state index is 0.835. The van der Waals surface area contributed by atoms with Gasteiger partial charge in [0, 0.05) is 6.42 Å². The van der Waals surface area contributed by atoms with E-state index in [9.17, 15) is 0 Å². The van der Waals surface area contributed by atoms with Gasteiger partial charge < -0.3 is 4.74 Å². The molecule has 208 valence electrons. The average molecular weight is 565 g/mol. The molecular weight excluding hydrogens is 536 g/mol. The number of para-hydroxylation sites is 1. The van der Waals surface area contributed by atoms with Crippen molar-refractivity contribution in [2.45, 2.75) is 13.3 Å². The van der Waals surface area contributed by atoms with Gasteiger partial charge in [0.15, 0.2) is 11.5 Å². The summed E-state index contributed by atoms with van der Waals surface area (Å²) in [7, 11) is 0. The van der Waals surface area contributed by atoms with Crippen molar-refractivity contribution in [3.8, 4) is 50.6 Å². The van der Waals surface area contributed by atoms with Gasteiger partial charge in [-0.3, -0.25) is 4.57 Å². The Morgan fingerprint density at radius 3 is 1.75 bits per heavy atom. The maximum Gasteiger partial charge on any atom is 0.153 e. The number of fused-ring (bicyclic) bond motifs is 4. The summed E-state index contributed by atoms with van der Waals surface area (Å²) in [6.45, 7) is 2.16. The summed E-state index contributed by atoms with van der Waals surface area (Å²) >= 11 is 0. The zero-order chi connectivity index (χ0) is 29.2. The van der Waals surface area contributed by atoms with Gasteiger partial charge in [0.2, 0.25) is 0 Å². The monoisotopic (exact) mass is 564 g/mol. The Labute approximate surface area is 255 Å². The molecule has 0 saturated heterocycles. The highest BCUT2D eigenvalue weighted by molar-refractivity contribution is 6.21. The zero-order valence-corrected chi connectivity index (χ0v) is 24.3. The van der Waals surface area contributed by atoms with E-state index in [-0.39, 0.29) is 0 Å². The van der Waals surface area contributed by atoms with Crippen molar-refractivity contribution >= 4 is 32.6 Å². The molecule has 9 rings (SSSR count). The molecule has 8 aromatic rings. The third-order valence-electron chi connectivity index (χ3n) is 8.95. The molecule has 0 fully saturated rings. The lowest BCUT2D eigenvalue weighted by molar-refractivity contribution is 0.474. The minimum Gasteiger partial charge on any atom is -0.453 e. The number of rotatable bonds is 4. The molecule has 7 aromatic carbocycles. The number of aryl methyl sites for hydroxylation is 1. The highest BCUT2D eigenvalue weighted by atomic mass is 16.5. The van der Waals surface area contributed by atoms with E-state index >= 15 is 0 Å². The molecule has 0 spiro atoms. The third kappa shape index (κ3) is 3.66. The summed E-state index contributed by atoms with van der Waals surface area (Å²) in [6.07, 6.45) is 0.835. The van der Waals surface area contributed by atoms with Gasteiger partial charge in [-0.2, -0.15) is 0 Å². The molecule has 0 bridgehead atoms. The molecule has 44 heavy (non-hydrogen) atoms. The second-order valence-corrected chi connectivity index (χ2v) is 11.4. The predicted molar refractivity (Wildman–Crippen MR) is 182 cm³/mol. The molecule has 0 amide bonds. The van der Waals surface area contributed by atoms with Crippen LogP contribution in [0.1, 0.15) is 12.7 Å². The summed E-state index contributed by atoms with van der Waals surface area (Å²) in [5.74, 6) is 2.75. The SMILES string of the molecule is CCc1nc2cccc3c2n1-c1cc(-c2c4ccccc4c(-c4ccc(-c5ccccc5)cc4)c4ccccc24)ccc1O3. The van der Waals surface area contributed by atoms with Crippen LogP contribution in [0.4, 0.5) is 0 Å². The fraction of sp³-hybridized carbons (Fsp3) is 0.0488. The molecule has 0 atom stereocenters. The predicted octanol–water partition coefficient (Wildman–Crippen LogP) is 11.0. The van der Waals surface area contributed by atoms with Gasteiger partial charge >= 0.3 is 0 Å². The lowest BCUT2D eigenvalue weighted by Gasteiger charge is -2.23. The van der Waals surface area contributed by atoms with Crippen LogP contribution in [-0.4, -0.2) is 9.55 Å². The summed E-state index contributed by atoms with van der Waals surface area (Å²) in [4.78, 5) is 4.96. The molecule has 3 nitrogen and oxygen atoms in total. The molecule has 1 aromatic heterocycles. The van der Waals surface area contributed by atoms with Crippen molar-refractivity contribution in [3.05, 3.63) is 145 Å². The third-order valence-corrected chi connectivity index (χ3v) is 8.95. The van der Waals surface area contributed by atoms with Crippen LogP contribution in [-0.2, 0) is 6.42 Å². The van der Waals surface area contributed by atoms with E-state index < -0.39 is 0 Å². The van der Waals surface area contributed by atoms with E-state index in [4.69, 9.17) is 9.72 Å². The number of benzene rings is 7. The lowest BCUT2D eigenvalue weighted by atomic mass is 9.85. The van der Waals surface area contributed by atoms with Crippen LogP contribution < -0.4 is 4.74 Å². The van der Waals surface area contributed by atoms with E-state index in [2.05, 4.69) is 139 Å². The standard InChI is InChI=1S/C41H28N2O/c1-2-38-42-34-17-10-18-37-41(34)43(38)35-25-29(23-24-36(35)44-37)40-32-15-8-6-13-30(32)39(31-14-7-9-16-33(31)40)28-21-19-27(20-22-28)26-11-4-3-5-12-26/h3-25H,2H2,1H3. The average Bonchev–Trinajstić information content (AvgIpc) is 3.48. The number of hydrogen-bond donors (Lipinski definition) is 0. The van der Waals surface area contributed by atoms with Gasteiger partial charge in [-0.05, 0) is 79.2 Å². The molecule has 0 saturated carbocycles. The summed E-state index contributed by atoms with van der Waals surface area (Å²) in [5, 5.41) is 4.95. The van der Waals surface area contributed by atoms with Crippen molar-refractivity contribution < 1.29 is 4.74 Å². The lowest BCUT2D eigenvalue weighted by Crippen LogP contribution is -2.07. The first-order chi connectivity index (χ1) is 21.8. The summed E-state index contributed by atoms with van der Waals surface area (Å²) in [6, 6.07) is 49.9. The van der Waals surface area contributed by atoms with Crippen LogP contribution in [0.5, 0.6) is 11.5 Å². The summed E-state index contributed by atoms with van der Waals surface area (Å²) < 4.78 is 8.72. The van der Waals surface area contributed by atoms with Gasteiger partial charge in [0.05, 0.1) is 11.2 Å². The van der Waals surface area contributed by atoms with Gasteiger partial charge in [-0.1, -0.05) is 122 Å². The molecule has 0 radical (unpaired) electrons. The Hall–Kier alpha value is -5.67. The molecular formula is C41H28N2O.